The number of amides is 1. The normalized spacial score (nSPS) is 11.1. The third-order valence-electron chi connectivity index (χ3n) is 4.37. The number of hydrogen-bond acceptors (Lipinski definition) is 3. The molecule has 0 aliphatic carbocycles. The van der Waals surface area contributed by atoms with Gasteiger partial charge in [0.1, 0.15) is 5.82 Å². The minimum Gasteiger partial charge on any atom is -0.324 e. The summed E-state index contributed by atoms with van der Waals surface area (Å²) < 4.78 is 13.0. The molecule has 1 heterocycles. The van der Waals surface area contributed by atoms with E-state index in [1.165, 1.54) is 12.1 Å². The van der Waals surface area contributed by atoms with Crippen LogP contribution in [-0.2, 0) is 11.2 Å². The van der Waals surface area contributed by atoms with Crippen molar-refractivity contribution in [2.24, 2.45) is 0 Å². The Kier molecular flexibility index (Phi) is 7.25. The van der Waals surface area contributed by atoms with Crippen molar-refractivity contribution in [2.45, 2.75) is 12.8 Å². The molecule has 0 bridgehead atoms. The molecule has 152 valence electrons. The molecular weight excluding hydrogens is 414 g/mol. The van der Waals surface area contributed by atoms with E-state index in [0.29, 0.717) is 15.7 Å². The molecule has 3 aromatic rings. The van der Waals surface area contributed by atoms with Gasteiger partial charge in [0.15, 0.2) is 0 Å². The van der Waals surface area contributed by atoms with E-state index in [1.807, 2.05) is 18.0 Å². The summed E-state index contributed by atoms with van der Waals surface area (Å²) in [7, 11) is 1.88. The first kappa shape index (κ1) is 21.3. The Morgan fingerprint density at radius 3 is 2.69 bits per heavy atom. The summed E-state index contributed by atoms with van der Waals surface area (Å²) >= 11 is 12.0. The van der Waals surface area contributed by atoms with Gasteiger partial charge < -0.3 is 5.32 Å². The molecule has 0 unspecified atom stereocenters. The van der Waals surface area contributed by atoms with Gasteiger partial charge in [-0.2, -0.15) is 5.10 Å². The Morgan fingerprint density at radius 2 is 1.93 bits per heavy atom. The molecule has 0 aliphatic rings. The maximum absolute atomic E-state index is 13.0. The predicted molar refractivity (Wildman–Crippen MR) is 115 cm³/mol. The van der Waals surface area contributed by atoms with Crippen LogP contribution in [0.5, 0.6) is 0 Å². The van der Waals surface area contributed by atoms with E-state index >= 15 is 0 Å². The second kappa shape index (κ2) is 9.87. The molecule has 0 aliphatic heterocycles. The molecule has 0 saturated heterocycles. The average molecular weight is 435 g/mol. The maximum atomic E-state index is 13.0. The topological polar surface area (TPSA) is 61.0 Å². The first-order valence-electron chi connectivity index (χ1n) is 9.14. The number of hydrogen-bond donors (Lipinski definition) is 2. The van der Waals surface area contributed by atoms with Crippen molar-refractivity contribution in [1.29, 1.82) is 0 Å². The van der Waals surface area contributed by atoms with Crippen LogP contribution in [0, 0.1) is 5.82 Å². The molecule has 1 aromatic heterocycles. The molecule has 0 saturated carbocycles. The van der Waals surface area contributed by atoms with Crippen LogP contribution in [0.15, 0.2) is 48.5 Å². The number of carbonyl (C=O) groups excluding carboxylic acids is 1. The molecule has 2 N–H and O–H groups in total. The second-order valence-corrected chi connectivity index (χ2v) is 7.64. The second-order valence-electron chi connectivity index (χ2n) is 6.80. The zero-order valence-corrected chi connectivity index (χ0v) is 17.4. The smallest absolute Gasteiger partial charge is 0.238 e. The third-order valence-corrected chi connectivity index (χ3v) is 4.94. The summed E-state index contributed by atoms with van der Waals surface area (Å²) in [4.78, 5) is 14.1. The van der Waals surface area contributed by atoms with Crippen molar-refractivity contribution in [2.75, 3.05) is 25.5 Å². The van der Waals surface area contributed by atoms with E-state index in [0.717, 1.165) is 36.3 Å². The Balaban J connectivity index is 1.44. The molecule has 0 spiro atoms. The standard InChI is InChI=1S/C21H21Cl2FN4O/c1-28(13-21(29)25-20-11-15(22)6-9-18(20)23)10-2-3-17-12-19(27-26-17)14-4-7-16(24)8-5-14/h4-9,11-12H,2-3,10,13H2,1H3,(H,25,29)(H,26,27). The summed E-state index contributed by atoms with van der Waals surface area (Å²) in [5.74, 6) is -0.425. The highest BCUT2D eigenvalue weighted by Crippen LogP contribution is 2.25. The van der Waals surface area contributed by atoms with Crippen molar-refractivity contribution in [1.82, 2.24) is 15.1 Å². The lowest BCUT2D eigenvalue weighted by molar-refractivity contribution is -0.117. The minimum atomic E-state index is -0.269. The number of halogens is 3. The number of rotatable bonds is 8. The van der Waals surface area contributed by atoms with E-state index < -0.39 is 0 Å². The van der Waals surface area contributed by atoms with Crippen molar-refractivity contribution in [3.63, 3.8) is 0 Å². The molecule has 0 fully saturated rings. The lowest BCUT2D eigenvalue weighted by Crippen LogP contribution is -2.31. The Labute approximate surface area is 178 Å². The zero-order chi connectivity index (χ0) is 20.8. The summed E-state index contributed by atoms with van der Waals surface area (Å²) in [5, 5.41) is 11.0. The van der Waals surface area contributed by atoms with Crippen LogP contribution >= 0.6 is 23.2 Å². The van der Waals surface area contributed by atoms with E-state index in [9.17, 15) is 9.18 Å². The van der Waals surface area contributed by atoms with Crippen molar-refractivity contribution >= 4 is 34.8 Å². The molecule has 1 amide bonds. The third kappa shape index (κ3) is 6.29. The van der Waals surface area contributed by atoms with E-state index in [4.69, 9.17) is 23.2 Å². The number of H-pyrrole nitrogens is 1. The van der Waals surface area contributed by atoms with Crippen LogP contribution in [0.4, 0.5) is 10.1 Å². The van der Waals surface area contributed by atoms with Gasteiger partial charge in [-0.3, -0.25) is 14.8 Å². The molecule has 29 heavy (non-hydrogen) atoms. The van der Waals surface area contributed by atoms with Crippen LogP contribution in [0.1, 0.15) is 12.1 Å². The molecule has 0 radical (unpaired) electrons. The number of benzene rings is 2. The SMILES string of the molecule is CN(CCCc1cc(-c2ccc(F)cc2)n[nH]1)CC(=O)Nc1cc(Cl)ccc1Cl. The molecular formula is C21H21Cl2FN4O. The van der Waals surface area contributed by atoms with E-state index in [-0.39, 0.29) is 18.3 Å². The van der Waals surface area contributed by atoms with Gasteiger partial charge in [-0.1, -0.05) is 23.2 Å². The number of aromatic nitrogens is 2. The molecule has 5 nitrogen and oxygen atoms in total. The van der Waals surface area contributed by atoms with Gasteiger partial charge in [0.25, 0.3) is 0 Å². The maximum Gasteiger partial charge on any atom is 0.238 e. The first-order chi connectivity index (χ1) is 13.9. The summed E-state index contributed by atoms with van der Waals surface area (Å²) in [6, 6.07) is 13.1. The highest BCUT2D eigenvalue weighted by atomic mass is 35.5. The van der Waals surface area contributed by atoms with Gasteiger partial charge in [0.2, 0.25) is 5.91 Å². The first-order valence-corrected chi connectivity index (χ1v) is 9.90. The van der Waals surface area contributed by atoms with Crippen LogP contribution < -0.4 is 5.32 Å². The molecule has 8 heteroatoms. The number of carbonyl (C=O) groups is 1. The number of nitrogens with one attached hydrogen (secondary N) is 2. The molecule has 0 atom stereocenters. The van der Waals surface area contributed by atoms with Crippen molar-refractivity contribution in [3.8, 4) is 11.3 Å². The fourth-order valence-electron chi connectivity index (χ4n) is 2.90. The van der Waals surface area contributed by atoms with Crippen molar-refractivity contribution in [3.05, 3.63) is 70.1 Å². The van der Waals surface area contributed by atoms with Gasteiger partial charge in [0.05, 0.1) is 22.9 Å². The number of anilines is 1. The van der Waals surface area contributed by atoms with Crippen LogP contribution in [0.2, 0.25) is 10.0 Å². The molecule has 3 rings (SSSR count). The Morgan fingerprint density at radius 1 is 1.17 bits per heavy atom. The monoisotopic (exact) mass is 434 g/mol. The number of likely N-dealkylation sites (N-methyl/N-ethyl adjacent to an activating group) is 1. The number of aryl methyl sites for hydroxylation is 1. The largest absolute Gasteiger partial charge is 0.324 e. The lowest BCUT2D eigenvalue weighted by Gasteiger charge is -2.16. The number of aromatic amines is 1. The highest BCUT2D eigenvalue weighted by molar-refractivity contribution is 6.35. The van der Waals surface area contributed by atoms with Crippen LogP contribution in [-0.4, -0.2) is 41.1 Å². The average Bonchev–Trinajstić information content (AvgIpc) is 3.14. The van der Waals surface area contributed by atoms with E-state index in [1.54, 1.807) is 30.3 Å². The number of nitrogens with zero attached hydrogens (tertiary/aromatic N) is 2. The van der Waals surface area contributed by atoms with Crippen molar-refractivity contribution < 1.29 is 9.18 Å². The van der Waals surface area contributed by atoms with Gasteiger partial charge in [-0.25, -0.2) is 4.39 Å². The lowest BCUT2D eigenvalue weighted by atomic mass is 10.1. The Hall–Kier alpha value is -2.41. The van der Waals surface area contributed by atoms with Crippen LogP contribution in [0.25, 0.3) is 11.3 Å². The van der Waals surface area contributed by atoms with Crippen LogP contribution in [0.3, 0.4) is 0 Å². The quantitative estimate of drug-likeness (QED) is 0.522. The Bertz CT molecular complexity index is 975. The fraction of sp³-hybridized carbons (Fsp3) is 0.238. The summed E-state index contributed by atoms with van der Waals surface area (Å²) in [6.45, 7) is 0.980. The highest BCUT2D eigenvalue weighted by Gasteiger charge is 2.10. The van der Waals surface area contributed by atoms with Gasteiger partial charge in [-0.05, 0) is 75.0 Å². The molecule has 2 aromatic carbocycles. The predicted octanol–water partition coefficient (Wildman–Crippen LogP) is 5.03. The zero-order valence-electron chi connectivity index (χ0n) is 15.9. The summed E-state index contributed by atoms with van der Waals surface area (Å²) in [6.07, 6.45) is 1.65. The fourth-order valence-corrected chi connectivity index (χ4v) is 3.24. The van der Waals surface area contributed by atoms with Gasteiger partial charge in [0, 0.05) is 16.3 Å². The van der Waals surface area contributed by atoms with Gasteiger partial charge >= 0.3 is 0 Å². The van der Waals surface area contributed by atoms with Gasteiger partial charge in [-0.15, -0.1) is 0 Å². The van der Waals surface area contributed by atoms with E-state index in [2.05, 4.69) is 15.5 Å². The summed E-state index contributed by atoms with van der Waals surface area (Å²) in [5.41, 5.74) is 3.14. The minimum absolute atomic E-state index is 0.156.